The molecule has 0 saturated carbocycles. The summed E-state index contributed by atoms with van der Waals surface area (Å²) in [7, 11) is 0. The van der Waals surface area contributed by atoms with Crippen molar-refractivity contribution in [3.63, 3.8) is 0 Å². The summed E-state index contributed by atoms with van der Waals surface area (Å²) < 4.78 is 0. The van der Waals surface area contributed by atoms with Crippen LogP contribution < -0.4 is 0 Å². The van der Waals surface area contributed by atoms with E-state index in [4.69, 9.17) is 0 Å². The van der Waals surface area contributed by atoms with Gasteiger partial charge in [0.25, 0.3) is 0 Å². The highest BCUT2D eigenvalue weighted by atomic mass is 14.3. The lowest BCUT2D eigenvalue weighted by molar-refractivity contribution is 1.64. The van der Waals surface area contributed by atoms with Gasteiger partial charge >= 0.3 is 0 Å². The van der Waals surface area contributed by atoms with Gasteiger partial charge in [-0.1, -0.05) is 231 Å². The first-order valence-electron chi connectivity index (χ1n) is 23.0. The van der Waals surface area contributed by atoms with E-state index >= 15 is 0 Å². The van der Waals surface area contributed by atoms with Crippen LogP contribution in [0.5, 0.6) is 0 Å². The predicted octanol–water partition coefficient (Wildman–Crippen LogP) is 18.7. The van der Waals surface area contributed by atoms with E-state index in [1.807, 2.05) is 0 Å². The van der Waals surface area contributed by atoms with Crippen molar-refractivity contribution in [2.24, 2.45) is 0 Å². The van der Waals surface area contributed by atoms with Crippen molar-refractivity contribution in [3.8, 4) is 44.5 Å². The molecule has 0 aliphatic rings. The monoisotopic (exact) mass is 832 g/mol. The maximum atomic E-state index is 2.48. The molecule has 0 fully saturated rings. The molecule has 0 nitrogen and oxygen atoms in total. The average Bonchev–Trinajstić information content (AvgIpc) is 3.40. The Hall–Kier alpha value is -8.58. The van der Waals surface area contributed by atoms with Gasteiger partial charge in [0.1, 0.15) is 0 Å². The highest BCUT2D eigenvalue weighted by Gasteiger charge is 2.22. The minimum absolute atomic E-state index is 1.22. The van der Waals surface area contributed by atoms with Gasteiger partial charge in [-0.2, -0.15) is 0 Å². The Morgan fingerprint density at radius 2 is 0.364 bits per heavy atom. The standard InChI is InChI=1S/C66H40/c1-3-19-41(20-4-1)61-51-29-13-7-23-45(51)47-25-9-15-31-53(47)63(61)43-35-37-57-59(39-43)49-27-11-17-33-55(49)66-58-38-36-44(40-60(58)50-28-12-18-34-56(50)65(57)66)64-54-32-16-10-26-48(54)46-24-8-14-30-52(46)62(64)42-21-5-2-6-22-42/h1-40H. The van der Waals surface area contributed by atoms with Gasteiger partial charge in [0, 0.05) is 0 Å². The lowest BCUT2D eigenvalue weighted by Gasteiger charge is -2.21. The molecule has 14 aromatic carbocycles. The molecule has 0 N–H and O–H groups in total. The second-order valence-corrected chi connectivity index (χ2v) is 17.8. The molecule has 0 bridgehead atoms. The first kappa shape index (κ1) is 36.9. The van der Waals surface area contributed by atoms with Crippen LogP contribution in [0.1, 0.15) is 0 Å². The number of rotatable bonds is 4. The van der Waals surface area contributed by atoms with Gasteiger partial charge in [-0.3, -0.25) is 0 Å². The smallest absolute Gasteiger partial charge is 0.00139 e. The molecule has 0 atom stereocenters. The number of benzene rings is 14. The second-order valence-electron chi connectivity index (χ2n) is 17.8. The summed E-state index contributed by atoms with van der Waals surface area (Å²) in [6.07, 6.45) is 0. The molecular formula is C66H40. The first-order valence-corrected chi connectivity index (χ1v) is 23.0. The van der Waals surface area contributed by atoms with E-state index in [-0.39, 0.29) is 0 Å². The molecule has 14 aromatic rings. The molecule has 0 unspecified atom stereocenters. The zero-order valence-electron chi connectivity index (χ0n) is 36.1. The van der Waals surface area contributed by atoms with Gasteiger partial charge in [0.05, 0.1) is 0 Å². The topological polar surface area (TPSA) is 0 Å². The maximum absolute atomic E-state index is 2.48. The summed E-state index contributed by atoms with van der Waals surface area (Å²) in [5.41, 5.74) is 9.98. The van der Waals surface area contributed by atoms with Crippen LogP contribution in [0.15, 0.2) is 243 Å². The molecule has 0 aliphatic carbocycles. The molecular weight excluding hydrogens is 793 g/mol. The van der Waals surface area contributed by atoms with E-state index in [1.54, 1.807) is 0 Å². The average molecular weight is 833 g/mol. The third kappa shape index (κ3) is 5.33. The minimum atomic E-state index is 1.22. The van der Waals surface area contributed by atoms with Crippen LogP contribution >= 0.6 is 0 Å². The Bertz CT molecular complexity index is 4030. The predicted molar refractivity (Wildman–Crippen MR) is 286 cm³/mol. The maximum Gasteiger partial charge on any atom is -0.00139 e. The van der Waals surface area contributed by atoms with E-state index in [1.165, 1.54) is 141 Å². The fourth-order valence-corrected chi connectivity index (χ4v) is 11.7. The molecule has 0 radical (unpaired) electrons. The Morgan fingerprint density at radius 1 is 0.136 bits per heavy atom. The van der Waals surface area contributed by atoms with Crippen molar-refractivity contribution in [2.75, 3.05) is 0 Å². The molecule has 0 saturated heterocycles. The molecule has 66 heavy (non-hydrogen) atoms. The van der Waals surface area contributed by atoms with E-state index < -0.39 is 0 Å². The first-order chi connectivity index (χ1) is 32.8. The number of hydrogen-bond acceptors (Lipinski definition) is 0. The fraction of sp³-hybridized carbons (Fsp3) is 0. The van der Waals surface area contributed by atoms with Crippen molar-refractivity contribution >= 4 is 97.0 Å². The van der Waals surface area contributed by atoms with Crippen LogP contribution in [-0.2, 0) is 0 Å². The van der Waals surface area contributed by atoms with Gasteiger partial charge in [-0.25, -0.2) is 0 Å². The molecule has 0 spiro atoms. The van der Waals surface area contributed by atoms with E-state index in [0.29, 0.717) is 0 Å². The van der Waals surface area contributed by atoms with Gasteiger partial charge in [-0.15, -0.1) is 0 Å². The minimum Gasteiger partial charge on any atom is -0.0622 e. The Balaban J connectivity index is 1.09. The zero-order valence-corrected chi connectivity index (χ0v) is 36.1. The number of fused-ring (bicyclic) bond motifs is 17. The van der Waals surface area contributed by atoms with Crippen molar-refractivity contribution in [1.29, 1.82) is 0 Å². The summed E-state index contributed by atoms with van der Waals surface area (Å²) >= 11 is 0. The molecule has 0 aromatic heterocycles. The largest absolute Gasteiger partial charge is 0.0622 e. The van der Waals surface area contributed by atoms with Gasteiger partial charge in [0.15, 0.2) is 0 Å². The van der Waals surface area contributed by atoms with Crippen LogP contribution in [0.25, 0.3) is 141 Å². The Kier molecular flexibility index (Phi) is 8.08. The molecule has 0 heterocycles. The van der Waals surface area contributed by atoms with E-state index in [2.05, 4.69) is 243 Å². The molecule has 14 rings (SSSR count). The molecule has 0 amide bonds. The van der Waals surface area contributed by atoms with Crippen LogP contribution in [0.2, 0.25) is 0 Å². The van der Waals surface area contributed by atoms with Crippen molar-refractivity contribution in [1.82, 2.24) is 0 Å². The Labute approximate surface area is 382 Å². The van der Waals surface area contributed by atoms with Gasteiger partial charge in [-0.05, 0) is 154 Å². The highest BCUT2D eigenvalue weighted by molar-refractivity contribution is 6.40. The Morgan fingerprint density at radius 3 is 0.682 bits per heavy atom. The summed E-state index contributed by atoms with van der Waals surface area (Å²) in [5, 5.41) is 22.9. The molecule has 304 valence electrons. The second kappa shape index (κ2) is 14.5. The van der Waals surface area contributed by atoms with Crippen molar-refractivity contribution < 1.29 is 0 Å². The SMILES string of the molecule is c1ccc(-c2c(-c3ccc4c(c3)c3ccccc3c3c5ccc(-c6c(-c7ccccc7)c7ccccc7c7ccccc67)cc5c5ccccc5c43)c3ccccc3c3ccccc23)cc1. The van der Waals surface area contributed by atoms with Crippen LogP contribution in [0.3, 0.4) is 0 Å². The van der Waals surface area contributed by atoms with E-state index in [9.17, 15) is 0 Å². The summed E-state index contributed by atoms with van der Waals surface area (Å²) in [6, 6.07) is 90.4. The highest BCUT2D eigenvalue weighted by Crippen LogP contribution is 2.50. The normalized spacial score (nSPS) is 11.9. The van der Waals surface area contributed by atoms with Gasteiger partial charge in [0.2, 0.25) is 0 Å². The summed E-state index contributed by atoms with van der Waals surface area (Å²) in [6.45, 7) is 0. The molecule has 0 heteroatoms. The van der Waals surface area contributed by atoms with Crippen molar-refractivity contribution in [2.45, 2.75) is 0 Å². The third-order valence-electron chi connectivity index (χ3n) is 14.4. The molecule has 0 aliphatic heterocycles. The summed E-state index contributed by atoms with van der Waals surface area (Å²) in [5.74, 6) is 0. The summed E-state index contributed by atoms with van der Waals surface area (Å²) in [4.78, 5) is 0. The van der Waals surface area contributed by atoms with Crippen molar-refractivity contribution in [3.05, 3.63) is 243 Å². The lowest BCUT2D eigenvalue weighted by Crippen LogP contribution is -1.93. The van der Waals surface area contributed by atoms with Crippen LogP contribution in [0, 0.1) is 0 Å². The van der Waals surface area contributed by atoms with E-state index in [0.717, 1.165) is 0 Å². The van der Waals surface area contributed by atoms with Crippen LogP contribution in [-0.4, -0.2) is 0 Å². The van der Waals surface area contributed by atoms with Crippen LogP contribution in [0.4, 0.5) is 0 Å². The number of hydrogen-bond donors (Lipinski definition) is 0. The third-order valence-corrected chi connectivity index (χ3v) is 14.4. The fourth-order valence-electron chi connectivity index (χ4n) is 11.7. The van der Waals surface area contributed by atoms with Gasteiger partial charge < -0.3 is 0 Å². The zero-order chi connectivity index (χ0) is 43.3. The lowest BCUT2D eigenvalue weighted by atomic mass is 9.82. The quantitative estimate of drug-likeness (QED) is 0.155.